The van der Waals surface area contributed by atoms with Gasteiger partial charge in [0.05, 0.1) is 0 Å². The van der Waals surface area contributed by atoms with Gasteiger partial charge >= 0.3 is 0 Å². The monoisotopic (exact) mass is 280 g/mol. The molecule has 1 heteroatoms. The minimum absolute atomic E-state index is 0.349. The van der Waals surface area contributed by atoms with Gasteiger partial charge in [0.25, 0.3) is 0 Å². The zero-order valence-corrected chi connectivity index (χ0v) is 13.0. The van der Waals surface area contributed by atoms with Gasteiger partial charge in [-0.25, -0.2) is 0 Å². The van der Waals surface area contributed by atoms with Crippen LogP contribution in [0.25, 0.3) is 17.2 Å². The predicted molar refractivity (Wildman–Crippen MR) is 91.5 cm³/mol. The highest BCUT2D eigenvalue weighted by atomic mass is 16.3. The third kappa shape index (κ3) is 3.98. The van der Waals surface area contributed by atoms with Crippen LogP contribution in [0.2, 0.25) is 0 Å². The van der Waals surface area contributed by atoms with Crippen molar-refractivity contribution in [3.63, 3.8) is 0 Å². The van der Waals surface area contributed by atoms with E-state index in [1.165, 1.54) is 18.4 Å². The van der Waals surface area contributed by atoms with Gasteiger partial charge in [0.1, 0.15) is 5.75 Å². The number of unbranched alkanes of at least 4 members (excludes halogenated alkanes) is 2. The van der Waals surface area contributed by atoms with Gasteiger partial charge in [-0.2, -0.15) is 0 Å². The van der Waals surface area contributed by atoms with Gasteiger partial charge in [-0.1, -0.05) is 69.2 Å². The van der Waals surface area contributed by atoms with Crippen LogP contribution in [0.4, 0.5) is 0 Å². The minimum atomic E-state index is 0.349. The highest BCUT2D eigenvalue weighted by Crippen LogP contribution is 2.33. The van der Waals surface area contributed by atoms with Crippen molar-refractivity contribution in [2.75, 3.05) is 0 Å². The van der Waals surface area contributed by atoms with Crippen molar-refractivity contribution < 1.29 is 5.11 Å². The second kappa shape index (κ2) is 7.68. The zero-order valence-electron chi connectivity index (χ0n) is 13.0. The van der Waals surface area contributed by atoms with Crippen LogP contribution < -0.4 is 0 Å². The molecule has 0 heterocycles. The Kier molecular flexibility index (Phi) is 5.62. The number of aromatic hydroxyl groups is 1. The van der Waals surface area contributed by atoms with Crippen LogP contribution >= 0.6 is 0 Å². The van der Waals surface area contributed by atoms with Gasteiger partial charge < -0.3 is 5.11 Å². The number of hydrogen-bond donors (Lipinski definition) is 1. The molecule has 1 nitrogen and oxygen atoms in total. The molecule has 0 amide bonds. The Balaban J connectivity index is 2.33. The molecule has 0 aliphatic rings. The molecule has 0 fully saturated rings. The van der Waals surface area contributed by atoms with E-state index in [-0.39, 0.29) is 0 Å². The number of benzene rings is 2. The molecule has 21 heavy (non-hydrogen) atoms. The van der Waals surface area contributed by atoms with E-state index >= 15 is 0 Å². The van der Waals surface area contributed by atoms with Crippen LogP contribution in [0.3, 0.4) is 0 Å². The summed E-state index contributed by atoms with van der Waals surface area (Å²) in [6.45, 7) is 4.35. The van der Waals surface area contributed by atoms with Crippen LogP contribution in [0.1, 0.15) is 44.2 Å². The van der Waals surface area contributed by atoms with Crippen molar-refractivity contribution in [1.82, 2.24) is 0 Å². The molecule has 0 aliphatic carbocycles. The Morgan fingerprint density at radius 1 is 1.00 bits per heavy atom. The number of phenols is 1. The third-order valence-corrected chi connectivity index (χ3v) is 3.74. The fourth-order valence-corrected chi connectivity index (χ4v) is 2.51. The minimum Gasteiger partial charge on any atom is -0.507 e. The highest BCUT2D eigenvalue weighted by Gasteiger charge is 2.08. The van der Waals surface area contributed by atoms with Crippen molar-refractivity contribution in [1.29, 1.82) is 0 Å². The summed E-state index contributed by atoms with van der Waals surface area (Å²) in [5.74, 6) is 0.349. The molecule has 2 rings (SSSR count). The van der Waals surface area contributed by atoms with E-state index in [9.17, 15) is 5.11 Å². The van der Waals surface area contributed by atoms with Gasteiger partial charge in [0, 0.05) is 5.56 Å². The Labute approximate surface area is 128 Å². The van der Waals surface area contributed by atoms with Gasteiger partial charge in [0.15, 0.2) is 0 Å². The Hall–Kier alpha value is -2.02. The molecule has 1 N–H and O–H groups in total. The Morgan fingerprint density at radius 2 is 1.81 bits per heavy atom. The predicted octanol–water partition coefficient (Wildman–Crippen LogP) is 5.83. The van der Waals surface area contributed by atoms with Crippen molar-refractivity contribution in [3.05, 3.63) is 59.7 Å². The molecule has 2 aromatic rings. The highest BCUT2D eigenvalue weighted by molar-refractivity contribution is 5.75. The summed E-state index contributed by atoms with van der Waals surface area (Å²) in [4.78, 5) is 0. The number of rotatable bonds is 6. The summed E-state index contributed by atoms with van der Waals surface area (Å²) in [5, 5.41) is 10.2. The topological polar surface area (TPSA) is 20.2 Å². The van der Waals surface area contributed by atoms with E-state index in [4.69, 9.17) is 0 Å². The average molecular weight is 280 g/mol. The van der Waals surface area contributed by atoms with E-state index in [0.717, 1.165) is 29.5 Å². The number of aryl methyl sites for hydroxylation is 1. The number of allylic oxidation sites excluding steroid dienone is 1. The summed E-state index contributed by atoms with van der Waals surface area (Å²) < 4.78 is 0. The quantitative estimate of drug-likeness (QED) is 0.660. The standard InChI is InChI=1S/C20H24O/c1-3-5-6-7-10-16-13-14-20(21)19(15-16)18-12-9-8-11-17(18)4-2/h7-15,21H,3-6H2,1-2H3. The third-order valence-electron chi connectivity index (χ3n) is 3.74. The maximum absolute atomic E-state index is 10.2. The lowest BCUT2D eigenvalue weighted by Crippen LogP contribution is -1.88. The van der Waals surface area contributed by atoms with Crippen molar-refractivity contribution in [2.45, 2.75) is 39.5 Å². The van der Waals surface area contributed by atoms with Gasteiger partial charge in [0.2, 0.25) is 0 Å². The van der Waals surface area contributed by atoms with E-state index in [1.807, 2.05) is 18.2 Å². The van der Waals surface area contributed by atoms with Gasteiger partial charge in [-0.3, -0.25) is 0 Å². The summed E-state index contributed by atoms with van der Waals surface area (Å²) in [7, 11) is 0. The fourth-order valence-electron chi connectivity index (χ4n) is 2.51. The molecule has 0 saturated carbocycles. The summed E-state index contributed by atoms with van der Waals surface area (Å²) in [6, 6.07) is 14.1. The number of hydrogen-bond acceptors (Lipinski definition) is 1. The second-order valence-corrected chi connectivity index (χ2v) is 5.33. The summed E-state index contributed by atoms with van der Waals surface area (Å²) >= 11 is 0. The van der Waals surface area contributed by atoms with Crippen LogP contribution in [0, 0.1) is 0 Å². The van der Waals surface area contributed by atoms with Gasteiger partial charge in [-0.05, 0) is 41.7 Å². The molecule has 0 aliphatic heterocycles. The largest absolute Gasteiger partial charge is 0.507 e. The lowest BCUT2D eigenvalue weighted by Gasteiger charge is -2.10. The molecule has 2 aromatic carbocycles. The molecular weight excluding hydrogens is 256 g/mol. The lowest BCUT2D eigenvalue weighted by molar-refractivity contribution is 0.477. The molecule has 0 saturated heterocycles. The first-order valence-electron chi connectivity index (χ1n) is 7.84. The van der Waals surface area contributed by atoms with Crippen LogP contribution in [-0.2, 0) is 6.42 Å². The molecule has 0 unspecified atom stereocenters. The maximum atomic E-state index is 10.2. The maximum Gasteiger partial charge on any atom is 0.123 e. The zero-order chi connectivity index (χ0) is 15.1. The lowest BCUT2D eigenvalue weighted by atomic mass is 9.96. The summed E-state index contributed by atoms with van der Waals surface area (Å²) in [5.41, 5.74) is 4.45. The van der Waals surface area contributed by atoms with E-state index in [1.54, 1.807) is 6.07 Å². The normalized spacial score (nSPS) is 11.1. The van der Waals surface area contributed by atoms with Crippen molar-refractivity contribution >= 4 is 6.08 Å². The molecular formula is C20H24O. The van der Waals surface area contributed by atoms with Crippen molar-refractivity contribution in [3.8, 4) is 16.9 Å². The first-order chi connectivity index (χ1) is 10.3. The first kappa shape index (κ1) is 15.4. The van der Waals surface area contributed by atoms with E-state index < -0.39 is 0 Å². The van der Waals surface area contributed by atoms with Gasteiger partial charge in [-0.15, -0.1) is 0 Å². The first-order valence-corrected chi connectivity index (χ1v) is 7.84. The smallest absolute Gasteiger partial charge is 0.123 e. The average Bonchev–Trinajstić information content (AvgIpc) is 2.53. The molecule has 110 valence electrons. The molecule has 0 radical (unpaired) electrons. The Bertz CT molecular complexity index is 611. The van der Waals surface area contributed by atoms with E-state index in [0.29, 0.717) is 5.75 Å². The second-order valence-electron chi connectivity index (χ2n) is 5.33. The van der Waals surface area contributed by atoms with Crippen molar-refractivity contribution in [2.24, 2.45) is 0 Å². The molecule has 0 bridgehead atoms. The summed E-state index contributed by atoms with van der Waals surface area (Å²) in [6.07, 6.45) is 8.87. The Morgan fingerprint density at radius 3 is 2.57 bits per heavy atom. The molecule has 0 atom stereocenters. The van der Waals surface area contributed by atoms with E-state index in [2.05, 4.69) is 44.2 Å². The SMILES string of the molecule is CCCCC=Cc1ccc(O)c(-c2ccccc2CC)c1. The van der Waals surface area contributed by atoms with Crippen LogP contribution in [-0.4, -0.2) is 5.11 Å². The van der Waals surface area contributed by atoms with Crippen LogP contribution in [0.15, 0.2) is 48.5 Å². The molecule has 0 spiro atoms. The number of phenolic OH excluding ortho intramolecular Hbond substituents is 1. The van der Waals surface area contributed by atoms with Crippen LogP contribution in [0.5, 0.6) is 5.75 Å². The fraction of sp³-hybridized carbons (Fsp3) is 0.300. The molecule has 0 aromatic heterocycles.